The van der Waals surface area contributed by atoms with Gasteiger partial charge in [-0.1, -0.05) is 13.8 Å². The number of alkyl halides is 1. The molecule has 0 aliphatic carbocycles. The maximum Gasteiger partial charge on any atom is 0.276 e. The third-order valence-electron chi connectivity index (χ3n) is 3.31. The van der Waals surface area contributed by atoms with E-state index in [1.807, 2.05) is 13.8 Å². The van der Waals surface area contributed by atoms with Gasteiger partial charge in [-0.05, 0) is 12.5 Å². The summed E-state index contributed by atoms with van der Waals surface area (Å²) < 4.78 is 10.8. The van der Waals surface area contributed by atoms with Gasteiger partial charge in [-0.15, -0.1) is 11.6 Å². The van der Waals surface area contributed by atoms with E-state index in [0.29, 0.717) is 30.3 Å². The van der Waals surface area contributed by atoms with Crippen molar-refractivity contribution in [1.82, 2.24) is 0 Å². The molecule has 1 aromatic carbocycles. The summed E-state index contributed by atoms with van der Waals surface area (Å²) in [4.78, 5) is 10.8. The number of rotatable bonds is 4. The standard InChI is InChI=1S/C13H16ClNO4/c1-3-10(14)8(2)9-6-12-13(19-5-4-18-12)7-11(9)15(16)17/h6-8,10H,3-5H2,1-2H3. The van der Waals surface area contributed by atoms with Gasteiger partial charge in [0.15, 0.2) is 11.5 Å². The first kappa shape index (κ1) is 13.9. The minimum atomic E-state index is -0.399. The lowest BCUT2D eigenvalue weighted by molar-refractivity contribution is -0.385. The number of nitrogens with zero attached hydrogens (tertiary/aromatic N) is 1. The number of halogens is 1. The van der Waals surface area contributed by atoms with Gasteiger partial charge in [-0.3, -0.25) is 10.1 Å². The van der Waals surface area contributed by atoms with E-state index in [0.717, 1.165) is 6.42 Å². The topological polar surface area (TPSA) is 61.6 Å². The Hall–Kier alpha value is -1.49. The molecule has 0 amide bonds. The summed E-state index contributed by atoms with van der Waals surface area (Å²) >= 11 is 6.22. The normalized spacial score (nSPS) is 16.8. The Morgan fingerprint density at radius 2 is 1.95 bits per heavy atom. The molecule has 2 rings (SSSR count). The van der Waals surface area contributed by atoms with E-state index in [4.69, 9.17) is 21.1 Å². The number of nitro groups is 1. The molecule has 5 nitrogen and oxygen atoms in total. The van der Waals surface area contributed by atoms with Crippen LogP contribution in [0.1, 0.15) is 31.7 Å². The summed E-state index contributed by atoms with van der Waals surface area (Å²) in [5.74, 6) is 0.859. The first-order valence-corrected chi connectivity index (χ1v) is 6.70. The zero-order chi connectivity index (χ0) is 14.0. The van der Waals surface area contributed by atoms with Crippen LogP contribution < -0.4 is 9.47 Å². The molecule has 2 atom stereocenters. The van der Waals surface area contributed by atoms with Gasteiger partial charge in [0.2, 0.25) is 0 Å². The summed E-state index contributed by atoms with van der Waals surface area (Å²) in [6, 6.07) is 3.11. The van der Waals surface area contributed by atoms with Gasteiger partial charge in [0.25, 0.3) is 5.69 Å². The maximum absolute atomic E-state index is 11.2. The fraction of sp³-hybridized carbons (Fsp3) is 0.538. The summed E-state index contributed by atoms with van der Waals surface area (Å²) in [5.41, 5.74) is 0.631. The third kappa shape index (κ3) is 2.76. The van der Waals surface area contributed by atoms with Gasteiger partial charge in [0.1, 0.15) is 13.2 Å². The Kier molecular flexibility index (Phi) is 4.14. The van der Waals surface area contributed by atoms with Gasteiger partial charge in [0.05, 0.1) is 11.0 Å². The first-order valence-electron chi connectivity index (χ1n) is 6.26. The maximum atomic E-state index is 11.2. The van der Waals surface area contributed by atoms with Crippen LogP contribution in [0.4, 0.5) is 5.69 Å². The Balaban J connectivity index is 2.48. The van der Waals surface area contributed by atoms with Crippen molar-refractivity contribution in [3.8, 4) is 11.5 Å². The van der Waals surface area contributed by atoms with E-state index in [2.05, 4.69) is 0 Å². The Morgan fingerprint density at radius 3 is 2.47 bits per heavy atom. The minimum Gasteiger partial charge on any atom is -0.486 e. The fourth-order valence-electron chi connectivity index (χ4n) is 2.16. The predicted molar refractivity (Wildman–Crippen MR) is 72.4 cm³/mol. The fourth-order valence-corrected chi connectivity index (χ4v) is 2.30. The average molecular weight is 286 g/mol. The second-order valence-corrected chi connectivity index (χ2v) is 5.09. The molecule has 1 aliphatic heterocycles. The second kappa shape index (κ2) is 5.65. The van der Waals surface area contributed by atoms with Gasteiger partial charge < -0.3 is 9.47 Å². The highest BCUT2D eigenvalue weighted by atomic mass is 35.5. The molecule has 19 heavy (non-hydrogen) atoms. The molecule has 6 heteroatoms. The van der Waals surface area contributed by atoms with Crippen LogP contribution >= 0.6 is 11.6 Å². The van der Waals surface area contributed by atoms with Crippen LogP contribution in [0.15, 0.2) is 12.1 Å². The highest BCUT2D eigenvalue weighted by Gasteiger charge is 2.27. The van der Waals surface area contributed by atoms with E-state index in [1.54, 1.807) is 6.07 Å². The van der Waals surface area contributed by atoms with Crippen molar-refractivity contribution in [2.24, 2.45) is 0 Å². The number of ether oxygens (including phenoxy) is 2. The van der Waals surface area contributed by atoms with E-state index in [-0.39, 0.29) is 17.0 Å². The predicted octanol–water partition coefficient (Wildman–Crippen LogP) is 3.49. The van der Waals surface area contributed by atoms with Crippen molar-refractivity contribution >= 4 is 17.3 Å². The molecule has 0 N–H and O–H groups in total. The molecule has 2 unspecified atom stereocenters. The third-order valence-corrected chi connectivity index (χ3v) is 4.00. The molecule has 0 spiro atoms. The summed E-state index contributed by atoms with van der Waals surface area (Å²) in [7, 11) is 0. The van der Waals surface area contributed by atoms with Crippen LogP contribution in [0.2, 0.25) is 0 Å². The Morgan fingerprint density at radius 1 is 1.37 bits per heavy atom. The molecular weight excluding hydrogens is 270 g/mol. The zero-order valence-corrected chi connectivity index (χ0v) is 11.6. The molecule has 1 aromatic rings. The first-order chi connectivity index (χ1) is 9.04. The van der Waals surface area contributed by atoms with Crippen LogP contribution in [0.3, 0.4) is 0 Å². The molecule has 0 saturated heterocycles. The number of fused-ring (bicyclic) bond motifs is 1. The minimum absolute atomic E-state index is 0.0378. The molecular formula is C13H16ClNO4. The van der Waals surface area contributed by atoms with Crippen LogP contribution in [-0.4, -0.2) is 23.5 Å². The van der Waals surface area contributed by atoms with Crippen molar-refractivity contribution in [2.75, 3.05) is 13.2 Å². The number of hydrogen-bond acceptors (Lipinski definition) is 4. The molecule has 0 bridgehead atoms. The van der Waals surface area contributed by atoms with Gasteiger partial charge in [-0.25, -0.2) is 0 Å². The number of benzene rings is 1. The van der Waals surface area contributed by atoms with Crippen LogP contribution in [0.5, 0.6) is 11.5 Å². The lowest BCUT2D eigenvalue weighted by atomic mass is 9.94. The SMILES string of the molecule is CCC(Cl)C(C)c1cc2c(cc1[N+](=O)[O-])OCCO2. The van der Waals surface area contributed by atoms with Crippen LogP contribution in [-0.2, 0) is 0 Å². The largest absolute Gasteiger partial charge is 0.486 e. The second-order valence-electron chi connectivity index (χ2n) is 4.52. The number of nitro benzene ring substituents is 1. The Labute approximate surface area is 116 Å². The quantitative estimate of drug-likeness (QED) is 0.483. The molecule has 104 valence electrons. The van der Waals surface area contributed by atoms with E-state index < -0.39 is 4.92 Å². The molecule has 0 saturated carbocycles. The van der Waals surface area contributed by atoms with Crippen molar-refractivity contribution in [3.63, 3.8) is 0 Å². The van der Waals surface area contributed by atoms with Crippen LogP contribution in [0, 0.1) is 10.1 Å². The molecule has 0 fully saturated rings. The summed E-state index contributed by atoms with van der Waals surface area (Å²) in [6.45, 7) is 4.71. The molecule has 1 aliphatic rings. The molecule has 0 aromatic heterocycles. The van der Waals surface area contributed by atoms with Crippen molar-refractivity contribution < 1.29 is 14.4 Å². The lowest BCUT2D eigenvalue weighted by Gasteiger charge is -2.22. The highest BCUT2D eigenvalue weighted by Crippen LogP contribution is 2.41. The van der Waals surface area contributed by atoms with E-state index in [1.165, 1.54) is 6.07 Å². The van der Waals surface area contributed by atoms with Crippen molar-refractivity contribution in [3.05, 3.63) is 27.8 Å². The highest BCUT2D eigenvalue weighted by molar-refractivity contribution is 6.21. The van der Waals surface area contributed by atoms with E-state index in [9.17, 15) is 10.1 Å². The summed E-state index contributed by atoms with van der Waals surface area (Å²) in [5, 5.41) is 11.0. The van der Waals surface area contributed by atoms with Crippen LogP contribution in [0.25, 0.3) is 0 Å². The lowest BCUT2D eigenvalue weighted by Crippen LogP contribution is -2.17. The summed E-state index contributed by atoms with van der Waals surface area (Å²) in [6.07, 6.45) is 0.744. The molecule has 1 heterocycles. The smallest absolute Gasteiger partial charge is 0.276 e. The van der Waals surface area contributed by atoms with E-state index >= 15 is 0 Å². The van der Waals surface area contributed by atoms with Crippen molar-refractivity contribution in [1.29, 1.82) is 0 Å². The Bertz CT molecular complexity index is 492. The van der Waals surface area contributed by atoms with Gasteiger partial charge in [-0.2, -0.15) is 0 Å². The zero-order valence-electron chi connectivity index (χ0n) is 10.9. The number of hydrogen-bond donors (Lipinski definition) is 0. The molecule has 0 radical (unpaired) electrons. The average Bonchev–Trinajstić information content (AvgIpc) is 2.44. The van der Waals surface area contributed by atoms with Crippen molar-refractivity contribution in [2.45, 2.75) is 31.6 Å². The van der Waals surface area contributed by atoms with Gasteiger partial charge >= 0.3 is 0 Å². The monoisotopic (exact) mass is 285 g/mol. The van der Waals surface area contributed by atoms with Gasteiger partial charge in [0, 0.05) is 16.9 Å².